The van der Waals surface area contributed by atoms with Crippen LogP contribution in [0.25, 0.3) is 0 Å². The summed E-state index contributed by atoms with van der Waals surface area (Å²) in [6.45, 7) is 5.72. The van der Waals surface area contributed by atoms with Crippen LogP contribution in [0.5, 0.6) is 5.75 Å². The van der Waals surface area contributed by atoms with Gasteiger partial charge < -0.3 is 10.1 Å². The lowest BCUT2D eigenvalue weighted by molar-refractivity contribution is 0.258. The highest BCUT2D eigenvalue weighted by molar-refractivity contribution is 5.30. The fourth-order valence-electron chi connectivity index (χ4n) is 3.22. The van der Waals surface area contributed by atoms with Crippen molar-refractivity contribution in [3.8, 4) is 5.75 Å². The summed E-state index contributed by atoms with van der Waals surface area (Å²) in [5, 5.41) is 3.70. The van der Waals surface area contributed by atoms with Crippen LogP contribution in [0.3, 0.4) is 0 Å². The maximum Gasteiger partial charge on any atom is 0.119 e. The molecule has 112 valence electrons. The average molecular weight is 275 g/mol. The first-order valence-electron chi connectivity index (χ1n) is 8.10. The zero-order chi connectivity index (χ0) is 14.4. The second kappa shape index (κ2) is 7.68. The second-order valence-electron chi connectivity index (χ2n) is 6.20. The Morgan fingerprint density at radius 2 is 1.90 bits per heavy atom. The molecule has 0 aliphatic heterocycles. The average Bonchev–Trinajstić information content (AvgIpc) is 2.53. The Labute approximate surface area is 123 Å². The Morgan fingerprint density at radius 3 is 2.55 bits per heavy atom. The van der Waals surface area contributed by atoms with Gasteiger partial charge in [-0.1, -0.05) is 38.3 Å². The molecule has 2 nitrogen and oxygen atoms in total. The Balaban J connectivity index is 1.78. The molecule has 1 fully saturated rings. The van der Waals surface area contributed by atoms with Crippen molar-refractivity contribution < 1.29 is 4.74 Å². The zero-order valence-electron chi connectivity index (χ0n) is 13.2. The molecule has 2 heteroatoms. The van der Waals surface area contributed by atoms with E-state index in [0.717, 1.165) is 24.1 Å². The van der Waals surface area contributed by atoms with Crippen molar-refractivity contribution in [2.45, 2.75) is 52.0 Å². The predicted octanol–water partition coefficient (Wildman–Crippen LogP) is 4.56. The monoisotopic (exact) mass is 275 g/mol. The van der Waals surface area contributed by atoms with E-state index < -0.39 is 0 Å². The molecule has 1 saturated carbocycles. The van der Waals surface area contributed by atoms with Gasteiger partial charge in [-0.05, 0) is 55.8 Å². The molecule has 20 heavy (non-hydrogen) atoms. The third-order valence-electron chi connectivity index (χ3n) is 4.85. The molecule has 1 aromatic carbocycles. The minimum atomic E-state index is 0.397. The van der Waals surface area contributed by atoms with E-state index >= 15 is 0 Å². The standard InChI is InChI=1S/C18H29NO/c1-4-15-8-10-16(11-9-15)13-19-14(2)17-6-5-7-18(12-17)20-3/h5-7,12,14-16,19H,4,8-11,13H2,1-3H3. The quantitative estimate of drug-likeness (QED) is 0.821. The van der Waals surface area contributed by atoms with Crippen molar-refractivity contribution in [2.24, 2.45) is 11.8 Å². The van der Waals surface area contributed by atoms with Crippen molar-refractivity contribution in [3.05, 3.63) is 29.8 Å². The number of ether oxygens (including phenoxy) is 1. The Morgan fingerprint density at radius 1 is 1.20 bits per heavy atom. The molecule has 0 bridgehead atoms. The van der Waals surface area contributed by atoms with Crippen molar-refractivity contribution in [2.75, 3.05) is 13.7 Å². The van der Waals surface area contributed by atoms with E-state index in [9.17, 15) is 0 Å². The highest BCUT2D eigenvalue weighted by Crippen LogP contribution is 2.30. The van der Waals surface area contributed by atoms with Crippen LogP contribution in [0.15, 0.2) is 24.3 Å². The van der Waals surface area contributed by atoms with Gasteiger partial charge >= 0.3 is 0 Å². The lowest BCUT2D eigenvalue weighted by Crippen LogP contribution is -2.28. The molecule has 1 aliphatic rings. The summed E-state index contributed by atoms with van der Waals surface area (Å²) in [4.78, 5) is 0. The van der Waals surface area contributed by atoms with Gasteiger partial charge in [0.25, 0.3) is 0 Å². The SMILES string of the molecule is CCC1CCC(CNC(C)c2cccc(OC)c2)CC1. The van der Waals surface area contributed by atoms with Gasteiger partial charge in [-0.25, -0.2) is 0 Å². The van der Waals surface area contributed by atoms with Gasteiger partial charge in [0.15, 0.2) is 0 Å². The fourth-order valence-corrected chi connectivity index (χ4v) is 3.22. The first-order chi connectivity index (χ1) is 9.72. The van der Waals surface area contributed by atoms with Crippen LogP contribution in [0, 0.1) is 11.8 Å². The molecule has 0 amide bonds. The zero-order valence-corrected chi connectivity index (χ0v) is 13.2. The summed E-state index contributed by atoms with van der Waals surface area (Å²) in [7, 11) is 1.73. The van der Waals surface area contributed by atoms with Crippen LogP contribution >= 0.6 is 0 Å². The van der Waals surface area contributed by atoms with E-state index in [-0.39, 0.29) is 0 Å². The van der Waals surface area contributed by atoms with Crippen molar-refractivity contribution >= 4 is 0 Å². The minimum Gasteiger partial charge on any atom is -0.497 e. The van der Waals surface area contributed by atoms with E-state index in [4.69, 9.17) is 4.74 Å². The maximum absolute atomic E-state index is 5.30. The summed E-state index contributed by atoms with van der Waals surface area (Å²) >= 11 is 0. The molecular formula is C18H29NO. The Bertz CT molecular complexity index is 396. The van der Waals surface area contributed by atoms with Gasteiger partial charge in [0.1, 0.15) is 5.75 Å². The first-order valence-corrected chi connectivity index (χ1v) is 8.10. The molecule has 1 unspecified atom stereocenters. The van der Waals surface area contributed by atoms with Gasteiger partial charge in [0.05, 0.1) is 7.11 Å². The fraction of sp³-hybridized carbons (Fsp3) is 0.667. The molecule has 0 radical (unpaired) electrons. The van der Waals surface area contributed by atoms with Gasteiger partial charge in [0, 0.05) is 6.04 Å². The number of hydrogen-bond donors (Lipinski definition) is 1. The number of rotatable bonds is 6. The van der Waals surface area contributed by atoms with Gasteiger partial charge in [-0.15, -0.1) is 0 Å². The van der Waals surface area contributed by atoms with Crippen LogP contribution in [-0.4, -0.2) is 13.7 Å². The number of methoxy groups -OCH3 is 1. The molecule has 0 spiro atoms. The topological polar surface area (TPSA) is 21.3 Å². The van der Waals surface area contributed by atoms with Crippen LogP contribution in [-0.2, 0) is 0 Å². The maximum atomic E-state index is 5.30. The summed E-state index contributed by atoms with van der Waals surface area (Å²) in [6.07, 6.45) is 7.01. The summed E-state index contributed by atoms with van der Waals surface area (Å²) in [6, 6.07) is 8.77. The van der Waals surface area contributed by atoms with Crippen LogP contribution in [0.4, 0.5) is 0 Å². The molecule has 0 saturated heterocycles. The van der Waals surface area contributed by atoms with E-state index in [1.54, 1.807) is 7.11 Å². The number of benzene rings is 1. The van der Waals surface area contributed by atoms with Gasteiger partial charge in [-0.2, -0.15) is 0 Å². The first kappa shape index (κ1) is 15.4. The lowest BCUT2D eigenvalue weighted by atomic mass is 9.81. The molecule has 2 rings (SSSR count). The highest BCUT2D eigenvalue weighted by Gasteiger charge is 2.20. The van der Waals surface area contributed by atoms with Crippen molar-refractivity contribution in [3.63, 3.8) is 0 Å². The van der Waals surface area contributed by atoms with E-state index in [2.05, 4.69) is 37.4 Å². The van der Waals surface area contributed by atoms with E-state index in [1.807, 2.05) is 6.07 Å². The smallest absolute Gasteiger partial charge is 0.119 e. The Hall–Kier alpha value is -1.02. The van der Waals surface area contributed by atoms with E-state index in [0.29, 0.717) is 6.04 Å². The Kier molecular flexibility index (Phi) is 5.90. The molecule has 0 heterocycles. The molecule has 1 atom stereocenters. The molecule has 1 N–H and O–H groups in total. The molecule has 0 aromatic heterocycles. The summed E-state index contributed by atoms with van der Waals surface area (Å²) < 4.78 is 5.30. The summed E-state index contributed by atoms with van der Waals surface area (Å²) in [5.74, 6) is 2.80. The van der Waals surface area contributed by atoms with Crippen LogP contribution in [0.2, 0.25) is 0 Å². The number of nitrogens with one attached hydrogen (secondary N) is 1. The van der Waals surface area contributed by atoms with Crippen LogP contribution < -0.4 is 10.1 Å². The van der Waals surface area contributed by atoms with Crippen LogP contribution in [0.1, 0.15) is 57.6 Å². The third-order valence-corrected chi connectivity index (χ3v) is 4.85. The van der Waals surface area contributed by atoms with E-state index in [1.165, 1.54) is 37.7 Å². The molecular weight excluding hydrogens is 246 g/mol. The summed E-state index contributed by atoms with van der Waals surface area (Å²) in [5.41, 5.74) is 1.31. The predicted molar refractivity (Wildman–Crippen MR) is 85.2 cm³/mol. The second-order valence-corrected chi connectivity index (χ2v) is 6.20. The largest absolute Gasteiger partial charge is 0.497 e. The molecule has 1 aromatic rings. The lowest BCUT2D eigenvalue weighted by Gasteiger charge is -2.29. The van der Waals surface area contributed by atoms with Crippen molar-refractivity contribution in [1.29, 1.82) is 0 Å². The highest BCUT2D eigenvalue weighted by atomic mass is 16.5. The minimum absolute atomic E-state index is 0.397. The molecule has 1 aliphatic carbocycles. The third kappa shape index (κ3) is 4.24. The van der Waals surface area contributed by atoms with Gasteiger partial charge in [0.2, 0.25) is 0 Å². The van der Waals surface area contributed by atoms with Crippen molar-refractivity contribution in [1.82, 2.24) is 5.32 Å². The normalized spacial score (nSPS) is 24.4. The number of hydrogen-bond acceptors (Lipinski definition) is 2. The van der Waals surface area contributed by atoms with Gasteiger partial charge in [-0.3, -0.25) is 0 Å².